The van der Waals surface area contributed by atoms with Gasteiger partial charge in [0, 0.05) is 26.1 Å². The van der Waals surface area contributed by atoms with Crippen LogP contribution in [0.1, 0.15) is 37.9 Å². The molecule has 8 nitrogen and oxygen atoms in total. The van der Waals surface area contributed by atoms with E-state index in [1.54, 1.807) is 9.58 Å². The van der Waals surface area contributed by atoms with E-state index in [1.807, 2.05) is 13.1 Å². The van der Waals surface area contributed by atoms with E-state index in [9.17, 15) is 13.2 Å². The Morgan fingerprint density at radius 3 is 2.77 bits per heavy atom. The summed E-state index contributed by atoms with van der Waals surface area (Å²) in [6, 6.07) is 0.0437. The van der Waals surface area contributed by atoms with E-state index in [0.717, 1.165) is 18.7 Å². The van der Waals surface area contributed by atoms with Gasteiger partial charge in [-0.2, -0.15) is 4.31 Å². The molecule has 0 unspecified atom stereocenters. The van der Waals surface area contributed by atoms with Gasteiger partial charge in [0.1, 0.15) is 5.69 Å². The maximum absolute atomic E-state index is 11.9. The number of carbonyl (C=O) groups is 1. The summed E-state index contributed by atoms with van der Waals surface area (Å²) in [7, 11) is -3.11. The van der Waals surface area contributed by atoms with Gasteiger partial charge in [-0.05, 0) is 12.8 Å². The Kier molecular flexibility index (Phi) is 4.18. The van der Waals surface area contributed by atoms with Crippen LogP contribution in [0.3, 0.4) is 0 Å². The van der Waals surface area contributed by atoms with Crippen molar-refractivity contribution in [3.05, 3.63) is 11.9 Å². The molecule has 0 aliphatic carbocycles. The summed E-state index contributed by atoms with van der Waals surface area (Å²) in [4.78, 5) is 13.4. The summed E-state index contributed by atoms with van der Waals surface area (Å²) in [6.45, 7) is 4.03. The molecule has 2 aliphatic rings. The lowest BCUT2D eigenvalue weighted by Gasteiger charge is -2.37. The molecule has 122 valence electrons. The van der Waals surface area contributed by atoms with Crippen LogP contribution in [-0.2, 0) is 21.4 Å². The quantitative estimate of drug-likeness (QED) is 0.733. The molecule has 2 fully saturated rings. The van der Waals surface area contributed by atoms with Crippen LogP contribution in [0.2, 0.25) is 0 Å². The highest BCUT2D eigenvalue weighted by atomic mass is 32.2. The Bertz CT molecular complexity index is 650. The maximum atomic E-state index is 11.9. The fourth-order valence-corrected chi connectivity index (χ4v) is 4.40. The lowest BCUT2D eigenvalue weighted by Crippen LogP contribution is -2.51. The predicted molar refractivity (Wildman–Crippen MR) is 79.4 cm³/mol. The maximum Gasteiger partial charge on any atom is 0.222 e. The van der Waals surface area contributed by atoms with E-state index in [2.05, 4.69) is 10.3 Å². The number of rotatable bonds is 6. The number of amides is 1. The van der Waals surface area contributed by atoms with Crippen LogP contribution in [-0.4, -0.2) is 63.9 Å². The van der Waals surface area contributed by atoms with Crippen molar-refractivity contribution in [2.75, 3.05) is 25.4 Å². The smallest absolute Gasteiger partial charge is 0.222 e. The second kappa shape index (κ2) is 5.96. The van der Waals surface area contributed by atoms with E-state index in [0.29, 0.717) is 32.5 Å². The Balaban J connectivity index is 1.56. The summed E-state index contributed by atoms with van der Waals surface area (Å²) >= 11 is 0. The van der Waals surface area contributed by atoms with Crippen molar-refractivity contribution in [1.82, 2.24) is 24.2 Å². The van der Waals surface area contributed by atoms with Crippen molar-refractivity contribution in [3.63, 3.8) is 0 Å². The van der Waals surface area contributed by atoms with Crippen molar-refractivity contribution >= 4 is 15.9 Å². The number of carbonyl (C=O) groups excluding carboxylic acids is 1. The van der Waals surface area contributed by atoms with Crippen molar-refractivity contribution in [2.24, 2.45) is 0 Å². The minimum atomic E-state index is -3.11. The third kappa shape index (κ3) is 3.00. The molecule has 0 atom stereocenters. The number of aromatic nitrogens is 3. The zero-order valence-corrected chi connectivity index (χ0v) is 13.5. The number of nitrogens with zero attached hydrogens (tertiary/aromatic N) is 5. The number of likely N-dealkylation sites (tertiary alicyclic amines) is 1. The van der Waals surface area contributed by atoms with Crippen molar-refractivity contribution in [3.8, 4) is 0 Å². The molecular weight excluding hydrogens is 306 g/mol. The first kappa shape index (κ1) is 15.4. The van der Waals surface area contributed by atoms with Gasteiger partial charge >= 0.3 is 0 Å². The van der Waals surface area contributed by atoms with Gasteiger partial charge in [-0.3, -0.25) is 4.79 Å². The van der Waals surface area contributed by atoms with Crippen LogP contribution in [0.5, 0.6) is 0 Å². The monoisotopic (exact) mass is 327 g/mol. The van der Waals surface area contributed by atoms with Gasteiger partial charge in [0.2, 0.25) is 15.9 Å². The van der Waals surface area contributed by atoms with Crippen LogP contribution >= 0.6 is 0 Å². The van der Waals surface area contributed by atoms with Crippen molar-refractivity contribution in [1.29, 1.82) is 0 Å². The van der Waals surface area contributed by atoms with Gasteiger partial charge in [-0.25, -0.2) is 13.1 Å². The molecule has 0 spiro atoms. The summed E-state index contributed by atoms with van der Waals surface area (Å²) < 4.78 is 27.0. The fraction of sp³-hybridized carbons (Fsp3) is 0.769. The van der Waals surface area contributed by atoms with Crippen LogP contribution in [0.4, 0.5) is 0 Å². The minimum absolute atomic E-state index is 0.0437. The van der Waals surface area contributed by atoms with Gasteiger partial charge in [0.25, 0.3) is 0 Å². The van der Waals surface area contributed by atoms with Crippen LogP contribution < -0.4 is 0 Å². The van der Waals surface area contributed by atoms with Gasteiger partial charge in [-0.1, -0.05) is 12.1 Å². The van der Waals surface area contributed by atoms with Crippen LogP contribution in [0, 0.1) is 0 Å². The first-order chi connectivity index (χ1) is 10.5. The molecule has 0 bridgehead atoms. The standard InChI is InChI=1S/C13H21N5O3S/c1-2-6-22(20,21)17-9-12(10-17)18-8-11(14-15-18)7-16-5-3-4-13(16)19/h8,12H,2-7,9-10H2,1H3. The molecule has 0 saturated carbocycles. The van der Waals surface area contributed by atoms with Crippen LogP contribution in [0.15, 0.2) is 6.20 Å². The van der Waals surface area contributed by atoms with E-state index in [4.69, 9.17) is 0 Å². The molecule has 0 radical (unpaired) electrons. The Morgan fingerprint density at radius 1 is 1.36 bits per heavy atom. The average molecular weight is 327 g/mol. The molecule has 1 aromatic rings. The summed E-state index contributed by atoms with van der Waals surface area (Å²) in [5, 5.41) is 8.17. The molecule has 3 heterocycles. The predicted octanol–water partition coefficient (Wildman–Crippen LogP) is -0.00300. The van der Waals surface area contributed by atoms with E-state index >= 15 is 0 Å². The molecule has 2 saturated heterocycles. The number of hydrogen-bond donors (Lipinski definition) is 0. The van der Waals surface area contributed by atoms with Gasteiger partial charge in [-0.15, -0.1) is 5.10 Å². The van der Waals surface area contributed by atoms with E-state index in [1.165, 1.54) is 4.31 Å². The molecule has 1 aromatic heterocycles. The Morgan fingerprint density at radius 2 is 2.14 bits per heavy atom. The van der Waals surface area contributed by atoms with Gasteiger partial charge in [0.05, 0.1) is 24.5 Å². The average Bonchev–Trinajstić information content (AvgIpc) is 2.98. The van der Waals surface area contributed by atoms with Crippen molar-refractivity contribution < 1.29 is 13.2 Å². The van der Waals surface area contributed by atoms with E-state index < -0.39 is 10.0 Å². The second-order valence-corrected chi connectivity index (χ2v) is 7.98. The molecule has 2 aliphatic heterocycles. The zero-order valence-electron chi connectivity index (χ0n) is 12.7. The highest BCUT2D eigenvalue weighted by Crippen LogP contribution is 2.24. The van der Waals surface area contributed by atoms with Gasteiger partial charge < -0.3 is 4.90 Å². The molecule has 3 rings (SSSR count). The third-order valence-corrected chi connectivity index (χ3v) is 6.15. The largest absolute Gasteiger partial charge is 0.337 e. The van der Waals surface area contributed by atoms with Crippen molar-refractivity contribution in [2.45, 2.75) is 38.8 Å². The lowest BCUT2D eigenvalue weighted by molar-refractivity contribution is -0.128. The lowest BCUT2D eigenvalue weighted by atomic mass is 10.2. The van der Waals surface area contributed by atoms with E-state index in [-0.39, 0.29) is 17.7 Å². The molecule has 0 aromatic carbocycles. The minimum Gasteiger partial charge on any atom is -0.337 e. The number of hydrogen-bond acceptors (Lipinski definition) is 5. The van der Waals surface area contributed by atoms with Gasteiger partial charge in [0.15, 0.2) is 0 Å². The normalized spacial score (nSPS) is 20.6. The molecule has 9 heteroatoms. The Hall–Kier alpha value is -1.48. The Labute approximate surface area is 130 Å². The summed E-state index contributed by atoms with van der Waals surface area (Å²) in [5.74, 6) is 0.356. The molecule has 1 amide bonds. The SMILES string of the molecule is CCCS(=O)(=O)N1CC(n2cc(CN3CCCC3=O)nn2)C1. The highest BCUT2D eigenvalue weighted by Gasteiger charge is 2.37. The molecule has 22 heavy (non-hydrogen) atoms. The molecular formula is C13H21N5O3S. The second-order valence-electron chi connectivity index (χ2n) is 5.90. The first-order valence-electron chi connectivity index (χ1n) is 7.66. The first-order valence-corrected chi connectivity index (χ1v) is 9.27. The summed E-state index contributed by atoms with van der Waals surface area (Å²) in [6.07, 6.45) is 3.96. The zero-order chi connectivity index (χ0) is 15.7. The third-order valence-electron chi connectivity index (χ3n) is 4.14. The molecule has 0 N–H and O–H groups in total. The fourth-order valence-electron chi connectivity index (χ4n) is 2.83. The van der Waals surface area contributed by atoms with Crippen LogP contribution in [0.25, 0.3) is 0 Å². The summed E-state index contributed by atoms with van der Waals surface area (Å²) in [5.41, 5.74) is 0.755. The highest BCUT2D eigenvalue weighted by molar-refractivity contribution is 7.89. The number of sulfonamides is 1. The topological polar surface area (TPSA) is 88.4 Å².